The fourth-order valence-electron chi connectivity index (χ4n) is 11.2. The van der Waals surface area contributed by atoms with E-state index in [2.05, 4.69) is 86.8 Å². The highest BCUT2D eigenvalue weighted by Crippen LogP contribution is 2.19. The van der Waals surface area contributed by atoms with Crippen LogP contribution in [0.2, 0.25) is 0 Å². The number of carbonyl (C=O) groups is 3. The Bertz CT molecular complexity index is 1690. The molecule has 0 radical (unpaired) electrons. The molecule has 1 N–H and O–H groups in total. The Morgan fingerprint density at radius 2 is 0.640 bits per heavy atom. The molecule has 0 saturated heterocycles. The number of ether oxygens (including phenoxy) is 4. The van der Waals surface area contributed by atoms with E-state index < -0.39 is 24.3 Å². The van der Waals surface area contributed by atoms with E-state index >= 15 is 0 Å². The lowest BCUT2D eigenvalue weighted by molar-refractivity contribution is -0.870. The minimum Gasteiger partial charge on any atom is -0.477 e. The molecule has 0 rings (SSSR count). The van der Waals surface area contributed by atoms with Gasteiger partial charge in [-0.25, -0.2) is 4.79 Å². The van der Waals surface area contributed by atoms with Gasteiger partial charge >= 0.3 is 17.9 Å². The maximum Gasteiger partial charge on any atom is 0.361 e. The van der Waals surface area contributed by atoms with Crippen LogP contribution in [0.1, 0.15) is 361 Å². The topological polar surface area (TPSA) is 108 Å². The molecule has 0 aliphatic rings. The number of nitrogens with zero attached hydrogens (tertiary/aromatic N) is 1. The van der Waals surface area contributed by atoms with Crippen molar-refractivity contribution in [2.75, 3.05) is 47.5 Å². The minimum atomic E-state index is -1.51. The Balaban J connectivity index is 3.94. The van der Waals surface area contributed by atoms with Crippen LogP contribution < -0.4 is 0 Å². The number of carbonyl (C=O) groups excluding carboxylic acids is 2. The van der Waals surface area contributed by atoms with Crippen molar-refractivity contribution in [2.24, 2.45) is 0 Å². The van der Waals surface area contributed by atoms with Gasteiger partial charge in [0.15, 0.2) is 6.10 Å². The van der Waals surface area contributed by atoms with Crippen LogP contribution in [0.5, 0.6) is 0 Å². The number of allylic oxidation sites excluding steroid dienone is 12. The number of hydrogen-bond acceptors (Lipinski definition) is 7. The monoisotopic (exact) mass is 1250 g/mol. The summed E-state index contributed by atoms with van der Waals surface area (Å²) in [5.74, 6) is -1.99. The number of unbranched alkanes of at least 4 members (excludes halogenated alkanes) is 44. The molecule has 0 saturated carbocycles. The summed E-state index contributed by atoms with van der Waals surface area (Å²) in [7, 11) is 5.98. The van der Waals surface area contributed by atoms with E-state index in [4.69, 9.17) is 18.9 Å². The van der Waals surface area contributed by atoms with Crippen LogP contribution in [-0.4, -0.2) is 87.4 Å². The number of aliphatic carboxylic acids is 1. The van der Waals surface area contributed by atoms with Gasteiger partial charge in [-0.2, -0.15) is 0 Å². The molecule has 9 nitrogen and oxygen atoms in total. The summed E-state index contributed by atoms with van der Waals surface area (Å²) >= 11 is 0. The van der Waals surface area contributed by atoms with Crippen molar-refractivity contribution in [1.82, 2.24) is 0 Å². The first-order valence-corrected chi connectivity index (χ1v) is 38.1. The first kappa shape index (κ1) is 85.7. The van der Waals surface area contributed by atoms with Crippen LogP contribution in [0.4, 0.5) is 0 Å². The van der Waals surface area contributed by atoms with Crippen LogP contribution in [0, 0.1) is 0 Å². The van der Waals surface area contributed by atoms with Crippen LogP contribution in [0.25, 0.3) is 0 Å². The Hall–Kier alpha value is -3.27. The number of carboxylic acids is 1. The smallest absolute Gasteiger partial charge is 0.361 e. The van der Waals surface area contributed by atoms with E-state index in [0.29, 0.717) is 23.9 Å². The Labute approximate surface area is 551 Å². The number of rotatable bonds is 71. The van der Waals surface area contributed by atoms with Crippen LogP contribution in [0.15, 0.2) is 72.9 Å². The molecule has 0 amide bonds. The van der Waals surface area contributed by atoms with Gasteiger partial charge in [0.25, 0.3) is 6.29 Å². The number of likely N-dealkylation sites (N-methyl/N-ethyl adjacent to an activating group) is 1. The van der Waals surface area contributed by atoms with Crippen molar-refractivity contribution in [3.63, 3.8) is 0 Å². The largest absolute Gasteiger partial charge is 0.477 e. The molecule has 0 aromatic carbocycles. The standard InChI is InChI=1S/C80H145NO8/c1-6-8-10-12-14-16-18-20-22-24-26-28-30-31-32-33-34-35-36-37-38-39-40-41-42-43-44-45-46-47-49-50-52-54-56-58-60-62-64-66-68-70-77(82)87-74-76(75-88-80(79(84)85)86-73-72-81(3,4)5)89-78(83)71-69-67-65-63-61-59-57-55-53-51-48-29-27-25-23-21-19-17-15-13-11-9-7-2/h9,11,15,17-18,20-21,23-24,26-27,29,76,80H,6-8,10,12-14,16,19,22,25,28,30-75H2,1-5H3/p+1/b11-9-,17-15-,20-18-,23-21-,26-24-,29-27-. The van der Waals surface area contributed by atoms with Crippen molar-refractivity contribution >= 4 is 17.9 Å². The zero-order chi connectivity index (χ0) is 64.7. The van der Waals surface area contributed by atoms with E-state index in [1.54, 1.807) is 0 Å². The lowest BCUT2D eigenvalue weighted by Crippen LogP contribution is -2.40. The Kier molecular flexibility index (Phi) is 68.0. The summed E-state index contributed by atoms with van der Waals surface area (Å²) in [4.78, 5) is 37.6. The molecule has 0 heterocycles. The third-order valence-electron chi connectivity index (χ3n) is 16.9. The highest BCUT2D eigenvalue weighted by molar-refractivity contribution is 5.71. The van der Waals surface area contributed by atoms with Crippen molar-refractivity contribution in [2.45, 2.75) is 373 Å². The molecule has 0 bridgehead atoms. The van der Waals surface area contributed by atoms with E-state index in [1.807, 2.05) is 21.1 Å². The van der Waals surface area contributed by atoms with Gasteiger partial charge in [-0.1, -0.05) is 337 Å². The quantitative estimate of drug-likeness (QED) is 0.0211. The fourth-order valence-corrected chi connectivity index (χ4v) is 11.2. The number of carboxylic acid groups (broad SMARTS) is 1. The zero-order valence-electron chi connectivity index (χ0n) is 59.3. The number of esters is 2. The second-order valence-electron chi connectivity index (χ2n) is 26.9. The Morgan fingerprint density at radius 1 is 0.348 bits per heavy atom. The van der Waals surface area contributed by atoms with Gasteiger partial charge < -0.3 is 28.5 Å². The maximum absolute atomic E-state index is 12.9. The lowest BCUT2D eigenvalue weighted by Gasteiger charge is -2.25. The fraction of sp³-hybridized carbons (Fsp3) is 0.812. The van der Waals surface area contributed by atoms with Crippen molar-refractivity contribution in [3.8, 4) is 0 Å². The molecule has 0 aliphatic heterocycles. The van der Waals surface area contributed by atoms with E-state index in [9.17, 15) is 19.5 Å². The Morgan fingerprint density at radius 3 is 0.955 bits per heavy atom. The molecule has 518 valence electrons. The van der Waals surface area contributed by atoms with E-state index in [1.165, 1.54) is 250 Å². The third-order valence-corrected chi connectivity index (χ3v) is 16.9. The highest BCUT2D eigenvalue weighted by atomic mass is 16.7. The first-order valence-electron chi connectivity index (χ1n) is 38.1. The van der Waals surface area contributed by atoms with Crippen molar-refractivity contribution in [3.05, 3.63) is 72.9 Å². The van der Waals surface area contributed by atoms with Crippen molar-refractivity contribution < 1.29 is 42.9 Å². The molecule has 2 atom stereocenters. The van der Waals surface area contributed by atoms with Gasteiger partial charge in [0.2, 0.25) is 0 Å². The molecule has 2 unspecified atom stereocenters. The normalized spacial score (nSPS) is 13.0. The van der Waals surface area contributed by atoms with Crippen LogP contribution in [0.3, 0.4) is 0 Å². The van der Waals surface area contributed by atoms with Crippen LogP contribution in [-0.2, 0) is 33.3 Å². The SMILES string of the molecule is CC/C=C\C/C=C\C/C=C\C/C=C\CCCCCCCCCCCCC(=O)OC(COC(=O)CCCCCCCCCCCCCCCCCCCCCCCCCCCCCCC/C=C\C/C=C\CCCCCCC)COC(OCC[N+](C)(C)C)C(=O)O. The summed E-state index contributed by atoms with van der Waals surface area (Å²) < 4.78 is 23.0. The van der Waals surface area contributed by atoms with Gasteiger partial charge in [0.1, 0.15) is 13.2 Å². The zero-order valence-corrected chi connectivity index (χ0v) is 59.3. The summed E-state index contributed by atoms with van der Waals surface area (Å²) in [5, 5.41) is 9.75. The molecule has 0 aromatic rings. The van der Waals surface area contributed by atoms with Gasteiger partial charge in [-0.15, -0.1) is 0 Å². The molecule has 89 heavy (non-hydrogen) atoms. The second kappa shape index (κ2) is 70.6. The lowest BCUT2D eigenvalue weighted by atomic mass is 10.0. The van der Waals surface area contributed by atoms with E-state index in [0.717, 1.165) is 77.0 Å². The molecule has 9 heteroatoms. The predicted octanol–water partition coefficient (Wildman–Crippen LogP) is 24.0. The van der Waals surface area contributed by atoms with Crippen LogP contribution >= 0.6 is 0 Å². The number of hydrogen-bond donors (Lipinski definition) is 1. The predicted molar refractivity (Wildman–Crippen MR) is 383 cm³/mol. The van der Waals surface area contributed by atoms with E-state index in [-0.39, 0.29) is 32.2 Å². The second-order valence-corrected chi connectivity index (χ2v) is 26.9. The molecular formula is C80H146NO8+. The molecule has 0 spiro atoms. The van der Waals surface area contributed by atoms with Gasteiger partial charge in [0.05, 0.1) is 34.4 Å². The molecular weight excluding hydrogens is 1100 g/mol. The first-order chi connectivity index (χ1) is 43.6. The summed E-state index contributed by atoms with van der Waals surface area (Å²) in [6.07, 6.45) is 92.0. The average molecular weight is 1250 g/mol. The highest BCUT2D eigenvalue weighted by Gasteiger charge is 2.25. The van der Waals surface area contributed by atoms with Gasteiger partial charge in [-0.05, 0) is 83.5 Å². The van der Waals surface area contributed by atoms with Crippen molar-refractivity contribution in [1.29, 1.82) is 0 Å². The number of quaternary nitrogens is 1. The molecule has 0 aromatic heterocycles. The summed E-state index contributed by atoms with van der Waals surface area (Å²) in [6, 6.07) is 0. The molecule has 0 fully saturated rings. The minimum absolute atomic E-state index is 0.182. The summed E-state index contributed by atoms with van der Waals surface area (Å²) in [5.41, 5.74) is 0. The van der Waals surface area contributed by atoms with Gasteiger partial charge in [0, 0.05) is 12.8 Å². The third kappa shape index (κ3) is 72.0. The molecule has 0 aliphatic carbocycles. The summed E-state index contributed by atoms with van der Waals surface area (Å²) in [6.45, 7) is 4.80. The van der Waals surface area contributed by atoms with Gasteiger partial charge in [-0.3, -0.25) is 9.59 Å². The average Bonchev–Trinajstić information content (AvgIpc) is 3.64. The maximum atomic E-state index is 12.9.